The quantitative estimate of drug-likeness (QED) is 0.923. The summed E-state index contributed by atoms with van der Waals surface area (Å²) in [6, 6.07) is 6.50. The van der Waals surface area contributed by atoms with E-state index < -0.39 is 10.0 Å². The van der Waals surface area contributed by atoms with Gasteiger partial charge in [-0.05, 0) is 39.8 Å². The molecule has 1 heterocycles. The molecule has 0 radical (unpaired) electrons. The molecular weight excluding hydrogens is 286 g/mol. The third-order valence-corrected chi connectivity index (χ3v) is 4.99. The number of nitrogens with zero attached hydrogens (tertiary/aromatic N) is 2. The SMILES string of the molecule is CCn1cc([C@@H](C)NS(=O)(=O)c2ccc(C)cc2)c(C)n1. The predicted molar refractivity (Wildman–Crippen MR) is 82.6 cm³/mol. The van der Waals surface area contributed by atoms with Gasteiger partial charge in [0.1, 0.15) is 0 Å². The fourth-order valence-corrected chi connectivity index (χ4v) is 3.42. The van der Waals surface area contributed by atoms with Crippen LogP contribution >= 0.6 is 0 Å². The number of hydrogen-bond donors (Lipinski definition) is 1. The Kier molecular flexibility index (Phi) is 4.49. The lowest BCUT2D eigenvalue weighted by molar-refractivity contribution is 0.566. The summed E-state index contributed by atoms with van der Waals surface area (Å²) in [6.45, 7) is 8.40. The van der Waals surface area contributed by atoms with Crippen LogP contribution in [-0.4, -0.2) is 18.2 Å². The smallest absolute Gasteiger partial charge is 0.241 e. The summed E-state index contributed by atoms with van der Waals surface area (Å²) in [5.74, 6) is 0. The van der Waals surface area contributed by atoms with Crippen molar-refractivity contribution in [3.63, 3.8) is 0 Å². The van der Waals surface area contributed by atoms with Crippen molar-refractivity contribution in [2.24, 2.45) is 0 Å². The first kappa shape index (κ1) is 15.7. The minimum atomic E-state index is -3.53. The van der Waals surface area contributed by atoms with Crippen LogP contribution in [0.2, 0.25) is 0 Å². The van der Waals surface area contributed by atoms with Crippen LogP contribution in [0.5, 0.6) is 0 Å². The van der Waals surface area contributed by atoms with Crippen LogP contribution in [0, 0.1) is 13.8 Å². The Bertz CT molecular complexity index is 718. The summed E-state index contributed by atoms with van der Waals surface area (Å²) in [6.07, 6.45) is 1.89. The van der Waals surface area contributed by atoms with Crippen molar-refractivity contribution >= 4 is 10.0 Å². The molecule has 1 aromatic heterocycles. The van der Waals surface area contributed by atoms with Gasteiger partial charge in [0.05, 0.1) is 10.6 Å². The molecule has 2 rings (SSSR count). The molecule has 0 fully saturated rings. The van der Waals surface area contributed by atoms with Gasteiger partial charge in [-0.1, -0.05) is 17.7 Å². The second-order valence-corrected chi connectivity index (χ2v) is 6.90. The third kappa shape index (κ3) is 3.51. The molecule has 2 aromatic rings. The molecule has 0 aliphatic rings. The largest absolute Gasteiger partial charge is 0.272 e. The number of benzene rings is 1. The van der Waals surface area contributed by atoms with E-state index in [1.54, 1.807) is 28.9 Å². The zero-order chi connectivity index (χ0) is 15.6. The maximum atomic E-state index is 12.4. The Morgan fingerprint density at radius 3 is 2.38 bits per heavy atom. The predicted octanol–water partition coefficient (Wildman–Crippen LogP) is 2.56. The van der Waals surface area contributed by atoms with Crippen LogP contribution in [0.1, 0.15) is 36.7 Å². The van der Waals surface area contributed by atoms with Gasteiger partial charge in [0, 0.05) is 24.3 Å². The first-order chi connectivity index (χ1) is 9.83. The molecule has 0 bridgehead atoms. The Hall–Kier alpha value is -1.66. The van der Waals surface area contributed by atoms with E-state index in [2.05, 4.69) is 9.82 Å². The first-order valence-corrected chi connectivity index (χ1v) is 8.44. The van der Waals surface area contributed by atoms with Crippen molar-refractivity contribution in [3.05, 3.63) is 47.3 Å². The van der Waals surface area contributed by atoms with E-state index in [4.69, 9.17) is 0 Å². The van der Waals surface area contributed by atoms with Gasteiger partial charge in [-0.25, -0.2) is 13.1 Å². The topological polar surface area (TPSA) is 64.0 Å². The highest BCUT2D eigenvalue weighted by molar-refractivity contribution is 7.89. The lowest BCUT2D eigenvalue weighted by Gasteiger charge is -2.13. The molecule has 0 saturated heterocycles. The summed E-state index contributed by atoms with van der Waals surface area (Å²) in [5.41, 5.74) is 2.77. The van der Waals surface area contributed by atoms with Crippen molar-refractivity contribution in [3.8, 4) is 0 Å². The Labute approximate surface area is 126 Å². The van der Waals surface area contributed by atoms with E-state index in [0.717, 1.165) is 23.4 Å². The maximum absolute atomic E-state index is 12.4. The second kappa shape index (κ2) is 5.99. The van der Waals surface area contributed by atoms with Crippen LogP contribution in [0.4, 0.5) is 0 Å². The monoisotopic (exact) mass is 307 g/mol. The minimum Gasteiger partial charge on any atom is -0.272 e. The van der Waals surface area contributed by atoms with Crippen molar-refractivity contribution in [1.29, 1.82) is 0 Å². The fraction of sp³-hybridized carbons (Fsp3) is 0.400. The first-order valence-electron chi connectivity index (χ1n) is 6.96. The normalized spacial score (nSPS) is 13.3. The van der Waals surface area contributed by atoms with Crippen LogP contribution in [0.3, 0.4) is 0 Å². The maximum Gasteiger partial charge on any atom is 0.241 e. The highest BCUT2D eigenvalue weighted by Gasteiger charge is 2.20. The van der Waals surface area contributed by atoms with E-state index in [0.29, 0.717) is 0 Å². The van der Waals surface area contributed by atoms with Crippen LogP contribution in [0.25, 0.3) is 0 Å². The molecular formula is C15H21N3O2S. The third-order valence-electron chi connectivity index (χ3n) is 3.44. The lowest BCUT2D eigenvalue weighted by atomic mass is 10.1. The average molecular weight is 307 g/mol. The van der Waals surface area contributed by atoms with Crippen LogP contribution in [-0.2, 0) is 16.6 Å². The molecule has 1 atom stereocenters. The summed E-state index contributed by atoms with van der Waals surface area (Å²) >= 11 is 0. The van der Waals surface area contributed by atoms with Crippen molar-refractivity contribution in [2.45, 2.75) is 45.2 Å². The molecule has 114 valence electrons. The lowest BCUT2D eigenvalue weighted by Crippen LogP contribution is -2.27. The summed E-state index contributed by atoms with van der Waals surface area (Å²) < 4.78 is 29.3. The molecule has 6 heteroatoms. The highest BCUT2D eigenvalue weighted by atomic mass is 32.2. The van der Waals surface area contributed by atoms with Gasteiger partial charge < -0.3 is 0 Å². The minimum absolute atomic E-state index is 0.278. The van der Waals surface area contributed by atoms with Crippen molar-refractivity contribution in [2.75, 3.05) is 0 Å². The van der Waals surface area contributed by atoms with E-state index in [9.17, 15) is 8.42 Å². The van der Waals surface area contributed by atoms with E-state index in [1.807, 2.05) is 33.9 Å². The summed E-state index contributed by atoms with van der Waals surface area (Å²) in [4.78, 5) is 0.278. The average Bonchev–Trinajstić information content (AvgIpc) is 2.80. The van der Waals surface area contributed by atoms with Gasteiger partial charge in [0.25, 0.3) is 0 Å². The molecule has 5 nitrogen and oxygen atoms in total. The summed E-state index contributed by atoms with van der Waals surface area (Å²) in [5, 5.41) is 4.35. The Morgan fingerprint density at radius 1 is 1.24 bits per heavy atom. The number of sulfonamides is 1. The van der Waals surface area contributed by atoms with E-state index in [-0.39, 0.29) is 10.9 Å². The number of rotatable bonds is 5. The molecule has 21 heavy (non-hydrogen) atoms. The van der Waals surface area contributed by atoms with Gasteiger partial charge in [-0.2, -0.15) is 5.10 Å². The van der Waals surface area contributed by atoms with Gasteiger partial charge >= 0.3 is 0 Å². The van der Waals surface area contributed by atoms with Gasteiger partial charge in [-0.15, -0.1) is 0 Å². The standard InChI is InChI=1S/C15H21N3O2S/c1-5-18-10-15(12(3)16-18)13(4)17-21(19,20)14-8-6-11(2)7-9-14/h6-10,13,17H,5H2,1-4H3/t13-/m1/s1. The number of hydrogen-bond acceptors (Lipinski definition) is 3. The number of nitrogens with one attached hydrogen (secondary N) is 1. The molecule has 0 unspecified atom stereocenters. The van der Waals surface area contributed by atoms with Crippen molar-refractivity contribution < 1.29 is 8.42 Å². The second-order valence-electron chi connectivity index (χ2n) is 5.18. The summed E-state index contributed by atoms with van der Waals surface area (Å²) in [7, 11) is -3.53. The fourth-order valence-electron chi connectivity index (χ4n) is 2.20. The van der Waals surface area contributed by atoms with Gasteiger partial charge in [0.2, 0.25) is 10.0 Å². The molecule has 0 spiro atoms. The molecule has 0 amide bonds. The highest BCUT2D eigenvalue weighted by Crippen LogP contribution is 2.19. The van der Waals surface area contributed by atoms with E-state index >= 15 is 0 Å². The molecule has 1 N–H and O–H groups in total. The van der Waals surface area contributed by atoms with E-state index in [1.165, 1.54) is 0 Å². The van der Waals surface area contributed by atoms with Crippen LogP contribution in [0.15, 0.2) is 35.4 Å². The number of aryl methyl sites for hydroxylation is 3. The van der Waals surface area contributed by atoms with Gasteiger partial charge in [0.15, 0.2) is 0 Å². The number of aromatic nitrogens is 2. The molecule has 1 aromatic carbocycles. The van der Waals surface area contributed by atoms with Gasteiger partial charge in [-0.3, -0.25) is 4.68 Å². The Morgan fingerprint density at radius 2 is 1.86 bits per heavy atom. The zero-order valence-corrected chi connectivity index (χ0v) is 13.6. The van der Waals surface area contributed by atoms with Crippen molar-refractivity contribution in [1.82, 2.24) is 14.5 Å². The molecule has 0 aliphatic carbocycles. The zero-order valence-electron chi connectivity index (χ0n) is 12.8. The Balaban J connectivity index is 2.23. The van der Waals surface area contributed by atoms with Crippen LogP contribution < -0.4 is 4.72 Å². The molecule has 0 aliphatic heterocycles. The molecule has 0 saturated carbocycles.